The van der Waals surface area contributed by atoms with Gasteiger partial charge < -0.3 is 9.47 Å². The molecule has 2 nitrogen and oxygen atoms in total. The Balaban J connectivity index is 2.07. The van der Waals surface area contributed by atoms with Gasteiger partial charge in [-0.2, -0.15) is 0 Å². The lowest BCUT2D eigenvalue weighted by molar-refractivity contribution is 0.280. The van der Waals surface area contributed by atoms with Crippen LogP contribution in [-0.4, -0.2) is 13.7 Å². The fourth-order valence-electron chi connectivity index (χ4n) is 1.20. The largest absolute Gasteiger partial charge is 0.493 e. The number of benzene rings is 1. The average Bonchev–Trinajstić information content (AvgIpc) is 2.98. The van der Waals surface area contributed by atoms with E-state index in [1.54, 1.807) is 13.2 Å². The fraction of sp³-hybridized carbons (Fsp3) is 0.455. The first-order chi connectivity index (χ1) is 6.79. The third-order valence-corrected chi connectivity index (χ3v) is 2.69. The molecule has 0 spiro atoms. The molecule has 0 saturated heterocycles. The Bertz CT molecular complexity index is 321. The van der Waals surface area contributed by atoms with Crippen molar-refractivity contribution in [3.8, 4) is 11.5 Å². The molecule has 75 valence electrons. The van der Waals surface area contributed by atoms with Crippen LogP contribution in [0.1, 0.15) is 12.8 Å². The Hall–Kier alpha value is -0.700. The number of ether oxygens (including phenoxy) is 2. The van der Waals surface area contributed by atoms with E-state index in [0.29, 0.717) is 0 Å². The molecule has 1 aliphatic carbocycles. The molecule has 1 aromatic carbocycles. The van der Waals surface area contributed by atoms with Gasteiger partial charge in [-0.25, -0.2) is 0 Å². The maximum absolute atomic E-state index is 5.66. The molecule has 0 unspecified atom stereocenters. The molecule has 1 aliphatic rings. The molecule has 1 aromatic rings. The molecule has 2 rings (SSSR count). The Morgan fingerprint density at radius 1 is 1.50 bits per heavy atom. The van der Waals surface area contributed by atoms with Crippen LogP contribution in [-0.2, 0) is 0 Å². The minimum atomic E-state index is 0.744. The van der Waals surface area contributed by atoms with Gasteiger partial charge in [0.25, 0.3) is 0 Å². The van der Waals surface area contributed by atoms with E-state index in [0.717, 1.165) is 28.5 Å². The normalized spacial score (nSPS) is 15.3. The van der Waals surface area contributed by atoms with Gasteiger partial charge in [-0.15, -0.1) is 0 Å². The zero-order valence-electron chi connectivity index (χ0n) is 8.05. The Kier molecular flexibility index (Phi) is 2.96. The summed E-state index contributed by atoms with van der Waals surface area (Å²) >= 11 is 3.36. The molecular weight excluding hydrogens is 244 g/mol. The first-order valence-electron chi connectivity index (χ1n) is 4.67. The second-order valence-corrected chi connectivity index (χ2v) is 4.32. The van der Waals surface area contributed by atoms with Crippen LogP contribution in [0.2, 0.25) is 0 Å². The third kappa shape index (κ3) is 2.41. The van der Waals surface area contributed by atoms with Gasteiger partial charge in [0.15, 0.2) is 11.5 Å². The summed E-state index contributed by atoms with van der Waals surface area (Å²) in [5, 5.41) is 0. The molecule has 0 N–H and O–H groups in total. The van der Waals surface area contributed by atoms with Crippen molar-refractivity contribution >= 4 is 15.9 Å². The molecule has 0 aliphatic heterocycles. The lowest BCUT2D eigenvalue weighted by atomic mass is 10.3. The maximum Gasteiger partial charge on any atom is 0.162 e. The lowest BCUT2D eigenvalue weighted by Gasteiger charge is -2.09. The number of methoxy groups -OCH3 is 1. The summed E-state index contributed by atoms with van der Waals surface area (Å²) in [6, 6.07) is 6.68. The van der Waals surface area contributed by atoms with Crippen molar-refractivity contribution in [2.75, 3.05) is 13.7 Å². The van der Waals surface area contributed by atoms with Gasteiger partial charge in [-0.1, -0.05) is 15.9 Å². The van der Waals surface area contributed by atoms with Crippen molar-refractivity contribution < 1.29 is 9.47 Å². The van der Waals surface area contributed by atoms with E-state index in [1.807, 2.05) is 6.07 Å². The number of hydrogen-bond donors (Lipinski definition) is 0. The second kappa shape index (κ2) is 4.22. The van der Waals surface area contributed by atoms with Crippen molar-refractivity contribution in [1.29, 1.82) is 0 Å². The van der Waals surface area contributed by atoms with Gasteiger partial charge in [0.1, 0.15) is 0 Å². The van der Waals surface area contributed by atoms with Crippen LogP contribution in [0.4, 0.5) is 0 Å². The molecule has 14 heavy (non-hydrogen) atoms. The quantitative estimate of drug-likeness (QED) is 0.824. The molecule has 0 amide bonds. The Labute approximate surface area is 92.3 Å². The van der Waals surface area contributed by atoms with Crippen LogP contribution < -0.4 is 9.47 Å². The molecule has 0 bridgehead atoms. The second-order valence-electron chi connectivity index (χ2n) is 3.47. The Morgan fingerprint density at radius 3 is 2.93 bits per heavy atom. The molecule has 1 fully saturated rings. The molecule has 1 radical (unpaired) electrons. The van der Waals surface area contributed by atoms with Crippen molar-refractivity contribution in [3.05, 3.63) is 22.7 Å². The summed E-state index contributed by atoms with van der Waals surface area (Å²) in [5.41, 5.74) is 0. The van der Waals surface area contributed by atoms with Crippen molar-refractivity contribution in [1.82, 2.24) is 0 Å². The predicted molar refractivity (Wildman–Crippen MR) is 57.7 cm³/mol. The molecule has 0 aromatic heterocycles. The molecular formula is C11H12BrO2. The van der Waals surface area contributed by atoms with Crippen molar-refractivity contribution in [2.45, 2.75) is 12.8 Å². The summed E-state index contributed by atoms with van der Waals surface area (Å²) in [4.78, 5) is 0. The van der Waals surface area contributed by atoms with Crippen LogP contribution in [0.3, 0.4) is 0 Å². The van der Waals surface area contributed by atoms with E-state index in [1.165, 1.54) is 12.8 Å². The highest BCUT2D eigenvalue weighted by Gasteiger charge is 2.22. The van der Waals surface area contributed by atoms with Crippen LogP contribution in [0.5, 0.6) is 11.5 Å². The number of rotatable bonds is 4. The van der Waals surface area contributed by atoms with Gasteiger partial charge in [-0.05, 0) is 30.9 Å². The van der Waals surface area contributed by atoms with Gasteiger partial charge in [-0.3, -0.25) is 0 Å². The highest BCUT2D eigenvalue weighted by atomic mass is 79.9. The minimum absolute atomic E-state index is 0.744. The summed E-state index contributed by atoms with van der Waals surface area (Å²) in [6.07, 6.45) is 2.59. The van der Waals surface area contributed by atoms with Crippen LogP contribution in [0, 0.1) is 12.0 Å². The fourth-order valence-corrected chi connectivity index (χ4v) is 1.52. The van der Waals surface area contributed by atoms with Crippen LogP contribution in [0.15, 0.2) is 16.6 Å². The van der Waals surface area contributed by atoms with E-state index >= 15 is 0 Å². The Morgan fingerprint density at radius 2 is 2.29 bits per heavy atom. The van der Waals surface area contributed by atoms with E-state index in [4.69, 9.17) is 9.47 Å². The predicted octanol–water partition coefficient (Wildman–Crippen LogP) is 3.05. The number of halogens is 1. The maximum atomic E-state index is 5.66. The first-order valence-corrected chi connectivity index (χ1v) is 5.47. The summed E-state index contributed by atoms with van der Waals surface area (Å²) in [6.45, 7) is 0.798. The van der Waals surface area contributed by atoms with Crippen molar-refractivity contribution in [2.24, 2.45) is 5.92 Å². The van der Waals surface area contributed by atoms with E-state index in [9.17, 15) is 0 Å². The lowest BCUT2D eigenvalue weighted by Crippen LogP contribution is -2.00. The zero-order valence-corrected chi connectivity index (χ0v) is 9.63. The molecule has 0 atom stereocenters. The SMILES string of the molecule is COc1c[c]c(Br)cc1OCC1CC1. The average molecular weight is 256 g/mol. The van der Waals surface area contributed by atoms with Gasteiger partial charge >= 0.3 is 0 Å². The summed E-state index contributed by atoms with van der Waals surface area (Å²) < 4.78 is 11.7. The van der Waals surface area contributed by atoms with Gasteiger partial charge in [0.05, 0.1) is 13.7 Å². The number of hydrogen-bond acceptors (Lipinski definition) is 2. The molecule has 3 heteroatoms. The highest BCUT2D eigenvalue weighted by Crippen LogP contribution is 2.33. The third-order valence-electron chi connectivity index (χ3n) is 2.23. The highest BCUT2D eigenvalue weighted by molar-refractivity contribution is 9.10. The van der Waals surface area contributed by atoms with E-state index < -0.39 is 0 Å². The minimum Gasteiger partial charge on any atom is -0.493 e. The first kappa shape index (κ1) is 9.84. The van der Waals surface area contributed by atoms with Gasteiger partial charge in [0, 0.05) is 10.5 Å². The standard InChI is InChI=1S/C11H12BrO2/c1-13-10-5-4-9(12)6-11(10)14-7-8-2-3-8/h5-6,8H,2-3,7H2,1H3. The van der Waals surface area contributed by atoms with Crippen molar-refractivity contribution in [3.63, 3.8) is 0 Å². The van der Waals surface area contributed by atoms with E-state index in [2.05, 4.69) is 22.0 Å². The smallest absolute Gasteiger partial charge is 0.162 e. The van der Waals surface area contributed by atoms with Crippen LogP contribution in [0.25, 0.3) is 0 Å². The monoisotopic (exact) mass is 255 g/mol. The zero-order chi connectivity index (χ0) is 9.97. The molecule has 0 heterocycles. The van der Waals surface area contributed by atoms with E-state index in [-0.39, 0.29) is 0 Å². The topological polar surface area (TPSA) is 18.5 Å². The molecule has 1 saturated carbocycles. The summed E-state index contributed by atoms with van der Waals surface area (Å²) in [5.74, 6) is 2.29. The summed E-state index contributed by atoms with van der Waals surface area (Å²) in [7, 11) is 1.64. The van der Waals surface area contributed by atoms with Gasteiger partial charge in [0.2, 0.25) is 0 Å². The van der Waals surface area contributed by atoms with Crippen LogP contribution >= 0.6 is 15.9 Å².